The minimum absolute atomic E-state index is 0.317. The Morgan fingerprint density at radius 3 is 2.67 bits per heavy atom. The van der Waals surface area contributed by atoms with Crippen LogP contribution in [0.3, 0.4) is 0 Å². The molecule has 0 aliphatic carbocycles. The molecule has 0 saturated heterocycles. The fourth-order valence-corrected chi connectivity index (χ4v) is 2.64. The van der Waals surface area contributed by atoms with Crippen molar-refractivity contribution in [2.45, 2.75) is 13.0 Å². The smallest absolute Gasteiger partial charge is 0.338 e. The molecule has 0 bridgehead atoms. The third kappa shape index (κ3) is 3.29. The molecule has 0 aliphatic heterocycles. The van der Waals surface area contributed by atoms with Crippen molar-refractivity contribution in [3.63, 3.8) is 0 Å². The van der Waals surface area contributed by atoms with E-state index in [0.717, 1.165) is 4.88 Å². The molecule has 2 aromatic rings. The SMILES string of the molecule is COC(=O)c1cccc(NC(=O)C(N)c2cccs2)c1C. The van der Waals surface area contributed by atoms with Crippen LogP contribution in [0.4, 0.5) is 5.69 Å². The lowest BCUT2D eigenvalue weighted by Gasteiger charge is -2.14. The maximum Gasteiger partial charge on any atom is 0.338 e. The number of hydrogen-bond donors (Lipinski definition) is 2. The number of methoxy groups -OCH3 is 1. The molecule has 1 unspecified atom stereocenters. The number of nitrogens with one attached hydrogen (secondary N) is 1. The van der Waals surface area contributed by atoms with E-state index in [1.807, 2.05) is 17.5 Å². The van der Waals surface area contributed by atoms with Crippen molar-refractivity contribution in [3.05, 3.63) is 51.7 Å². The Balaban J connectivity index is 2.20. The summed E-state index contributed by atoms with van der Waals surface area (Å²) in [5.41, 5.74) is 7.53. The van der Waals surface area contributed by atoms with Crippen molar-refractivity contribution >= 4 is 28.9 Å². The largest absolute Gasteiger partial charge is 0.465 e. The van der Waals surface area contributed by atoms with Gasteiger partial charge in [0.05, 0.1) is 12.7 Å². The second kappa shape index (κ2) is 6.51. The molecule has 0 spiro atoms. The van der Waals surface area contributed by atoms with Gasteiger partial charge in [-0.05, 0) is 36.1 Å². The van der Waals surface area contributed by atoms with Gasteiger partial charge in [0.25, 0.3) is 0 Å². The molecule has 6 heteroatoms. The normalized spacial score (nSPS) is 11.8. The topological polar surface area (TPSA) is 81.4 Å². The molecule has 0 fully saturated rings. The lowest BCUT2D eigenvalue weighted by Crippen LogP contribution is -2.27. The lowest BCUT2D eigenvalue weighted by atomic mass is 10.1. The number of rotatable bonds is 4. The van der Waals surface area contributed by atoms with Crippen molar-refractivity contribution in [1.82, 2.24) is 0 Å². The molecule has 1 atom stereocenters. The van der Waals surface area contributed by atoms with Crippen LogP contribution < -0.4 is 11.1 Å². The first kappa shape index (κ1) is 15.2. The van der Waals surface area contributed by atoms with Crippen LogP contribution in [-0.4, -0.2) is 19.0 Å². The molecular weight excluding hydrogens is 288 g/mol. The molecule has 21 heavy (non-hydrogen) atoms. The van der Waals surface area contributed by atoms with Crippen molar-refractivity contribution < 1.29 is 14.3 Å². The molecule has 1 amide bonds. The fraction of sp³-hybridized carbons (Fsp3) is 0.200. The average Bonchev–Trinajstić information content (AvgIpc) is 3.02. The number of carbonyl (C=O) groups excluding carboxylic acids is 2. The Hall–Kier alpha value is -2.18. The summed E-state index contributed by atoms with van der Waals surface area (Å²) >= 11 is 1.43. The van der Waals surface area contributed by atoms with E-state index in [0.29, 0.717) is 16.8 Å². The minimum Gasteiger partial charge on any atom is -0.465 e. The number of nitrogens with two attached hydrogens (primary N) is 1. The van der Waals surface area contributed by atoms with Crippen molar-refractivity contribution in [3.8, 4) is 0 Å². The van der Waals surface area contributed by atoms with Crippen LogP contribution in [0.5, 0.6) is 0 Å². The molecule has 3 N–H and O–H groups in total. The first-order valence-electron chi connectivity index (χ1n) is 6.32. The molecule has 0 radical (unpaired) electrons. The molecule has 2 rings (SSSR count). The minimum atomic E-state index is -0.730. The van der Waals surface area contributed by atoms with E-state index in [9.17, 15) is 9.59 Å². The number of esters is 1. The van der Waals surface area contributed by atoms with Crippen LogP contribution in [0.2, 0.25) is 0 Å². The van der Waals surface area contributed by atoms with Gasteiger partial charge >= 0.3 is 5.97 Å². The standard InChI is InChI=1S/C15H16N2O3S/c1-9-10(15(19)20-2)5-3-6-11(9)17-14(18)13(16)12-7-4-8-21-12/h3-8,13H,16H2,1-2H3,(H,17,18). The lowest BCUT2D eigenvalue weighted by molar-refractivity contribution is -0.117. The fourth-order valence-electron chi connectivity index (χ4n) is 1.91. The van der Waals surface area contributed by atoms with E-state index < -0.39 is 12.0 Å². The van der Waals surface area contributed by atoms with Crippen LogP contribution in [0.25, 0.3) is 0 Å². The summed E-state index contributed by atoms with van der Waals surface area (Å²) in [6.45, 7) is 1.75. The van der Waals surface area contributed by atoms with Gasteiger partial charge in [0.15, 0.2) is 0 Å². The van der Waals surface area contributed by atoms with Crippen LogP contribution in [0.15, 0.2) is 35.7 Å². The molecule has 110 valence electrons. The number of amides is 1. The Labute approximate surface area is 126 Å². The number of hydrogen-bond acceptors (Lipinski definition) is 5. The van der Waals surface area contributed by atoms with Crippen molar-refractivity contribution in [2.24, 2.45) is 5.73 Å². The monoisotopic (exact) mass is 304 g/mol. The van der Waals surface area contributed by atoms with Gasteiger partial charge < -0.3 is 15.8 Å². The predicted octanol–water partition coefficient (Wildman–Crippen LogP) is 2.48. The zero-order chi connectivity index (χ0) is 15.4. The highest BCUT2D eigenvalue weighted by Gasteiger charge is 2.19. The zero-order valence-corrected chi connectivity index (χ0v) is 12.6. The second-order valence-electron chi connectivity index (χ2n) is 4.45. The molecule has 1 heterocycles. The third-order valence-corrected chi connectivity index (χ3v) is 4.08. The maximum absolute atomic E-state index is 12.2. The van der Waals surface area contributed by atoms with Crippen LogP contribution in [0, 0.1) is 6.92 Å². The number of thiophene rings is 1. The molecular formula is C15H16N2O3S. The maximum atomic E-state index is 12.2. The molecule has 1 aromatic heterocycles. The Morgan fingerprint density at radius 2 is 2.05 bits per heavy atom. The van der Waals surface area contributed by atoms with E-state index in [-0.39, 0.29) is 5.91 Å². The van der Waals surface area contributed by atoms with Gasteiger partial charge in [-0.15, -0.1) is 11.3 Å². The molecule has 0 aliphatic rings. The van der Waals surface area contributed by atoms with Gasteiger partial charge in [0.1, 0.15) is 6.04 Å². The van der Waals surface area contributed by atoms with Gasteiger partial charge in [0.2, 0.25) is 5.91 Å². The van der Waals surface area contributed by atoms with Crippen molar-refractivity contribution in [2.75, 3.05) is 12.4 Å². The van der Waals surface area contributed by atoms with E-state index in [1.165, 1.54) is 18.4 Å². The van der Waals surface area contributed by atoms with E-state index in [1.54, 1.807) is 25.1 Å². The number of benzene rings is 1. The van der Waals surface area contributed by atoms with Crippen LogP contribution in [-0.2, 0) is 9.53 Å². The second-order valence-corrected chi connectivity index (χ2v) is 5.43. The van der Waals surface area contributed by atoms with Crippen molar-refractivity contribution in [1.29, 1.82) is 0 Å². The Bertz CT molecular complexity index is 653. The van der Waals surface area contributed by atoms with Gasteiger partial charge in [-0.1, -0.05) is 12.1 Å². The van der Waals surface area contributed by atoms with Crippen LogP contribution >= 0.6 is 11.3 Å². The van der Waals surface area contributed by atoms with E-state index in [4.69, 9.17) is 10.5 Å². The van der Waals surface area contributed by atoms with Gasteiger partial charge in [0, 0.05) is 10.6 Å². The number of ether oxygens (including phenoxy) is 1. The zero-order valence-electron chi connectivity index (χ0n) is 11.8. The first-order chi connectivity index (χ1) is 10.0. The highest BCUT2D eigenvalue weighted by Crippen LogP contribution is 2.22. The first-order valence-corrected chi connectivity index (χ1v) is 7.20. The quantitative estimate of drug-likeness (QED) is 0.850. The number of carbonyl (C=O) groups is 2. The Morgan fingerprint density at radius 1 is 1.29 bits per heavy atom. The molecule has 1 aromatic carbocycles. The summed E-state index contributed by atoms with van der Waals surface area (Å²) in [5, 5.41) is 4.62. The van der Waals surface area contributed by atoms with Gasteiger partial charge in [-0.2, -0.15) is 0 Å². The Kier molecular flexibility index (Phi) is 4.72. The third-order valence-electron chi connectivity index (χ3n) is 3.13. The van der Waals surface area contributed by atoms with E-state index in [2.05, 4.69) is 5.32 Å². The molecule has 0 saturated carbocycles. The summed E-state index contributed by atoms with van der Waals surface area (Å²) in [6.07, 6.45) is 0. The number of anilines is 1. The summed E-state index contributed by atoms with van der Waals surface area (Å²) in [7, 11) is 1.32. The predicted molar refractivity (Wildman–Crippen MR) is 82.4 cm³/mol. The summed E-state index contributed by atoms with van der Waals surface area (Å²) in [6, 6.07) is 7.98. The molecule has 5 nitrogen and oxygen atoms in total. The summed E-state index contributed by atoms with van der Waals surface area (Å²) in [4.78, 5) is 24.6. The van der Waals surface area contributed by atoms with Crippen LogP contribution in [0.1, 0.15) is 26.8 Å². The summed E-state index contributed by atoms with van der Waals surface area (Å²) < 4.78 is 4.71. The highest BCUT2D eigenvalue weighted by molar-refractivity contribution is 7.10. The highest BCUT2D eigenvalue weighted by atomic mass is 32.1. The van der Waals surface area contributed by atoms with Gasteiger partial charge in [-0.25, -0.2) is 4.79 Å². The average molecular weight is 304 g/mol. The summed E-state index contributed by atoms with van der Waals surface area (Å²) in [5.74, 6) is -0.756. The van der Waals surface area contributed by atoms with E-state index >= 15 is 0 Å². The van der Waals surface area contributed by atoms with Gasteiger partial charge in [-0.3, -0.25) is 4.79 Å².